The molecule has 6 heteroatoms. The van der Waals surface area contributed by atoms with Gasteiger partial charge in [-0.1, -0.05) is 19.8 Å². The van der Waals surface area contributed by atoms with Crippen molar-refractivity contribution in [2.75, 3.05) is 33.4 Å². The molecular formula is C20H33N3O3. The molecule has 0 radical (unpaired) electrons. The van der Waals surface area contributed by atoms with Crippen LogP contribution in [0.4, 0.5) is 0 Å². The summed E-state index contributed by atoms with van der Waals surface area (Å²) in [5, 5.41) is 3.84. The number of ether oxygens (including phenoxy) is 2. The van der Waals surface area contributed by atoms with E-state index in [4.69, 9.17) is 14.5 Å². The molecule has 2 heterocycles. The Kier molecular flexibility index (Phi) is 4.88. The second kappa shape index (κ2) is 7.02. The van der Waals surface area contributed by atoms with Gasteiger partial charge in [0.15, 0.2) is 5.96 Å². The molecule has 0 bridgehead atoms. The van der Waals surface area contributed by atoms with Crippen LogP contribution >= 0.6 is 0 Å². The molecule has 0 amide bonds. The van der Waals surface area contributed by atoms with Gasteiger partial charge in [0.25, 0.3) is 0 Å². The summed E-state index contributed by atoms with van der Waals surface area (Å²) in [6, 6.07) is 0.468. The van der Waals surface area contributed by atoms with E-state index >= 15 is 0 Å². The summed E-state index contributed by atoms with van der Waals surface area (Å²) in [6.45, 7) is 7.42. The van der Waals surface area contributed by atoms with E-state index in [-0.39, 0.29) is 17.8 Å². The van der Waals surface area contributed by atoms with Gasteiger partial charge in [0, 0.05) is 43.6 Å². The number of hydrogen-bond donors (Lipinski definition) is 1. The van der Waals surface area contributed by atoms with E-state index in [0.717, 1.165) is 32.1 Å². The van der Waals surface area contributed by atoms with Gasteiger partial charge in [-0.25, -0.2) is 0 Å². The number of carbonyl (C=O) groups is 1. The standard InChI is InChI=1S/C20H33N3O3/c1-4-21-19(23-11-13(2)15(12-23)18(24)25-3)22-16-14-7-10-26-17(14)20(16)8-5-6-9-20/h13-17H,4-12H2,1-3H3,(H,21,22). The SMILES string of the molecule is CCN=C(NC1C2CCOC2C12CCCC2)N1CC(C)C(C(=O)OC)C1. The number of methoxy groups -OCH3 is 1. The number of hydrogen-bond acceptors (Lipinski definition) is 4. The minimum atomic E-state index is -0.101. The Labute approximate surface area is 156 Å². The first-order valence-electron chi connectivity index (χ1n) is 10.4. The van der Waals surface area contributed by atoms with Crippen molar-refractivity contribution in [2.24, 2.45) is 28.2 Å². The van der Waals surface area contributed by atoms with E-state index in [9.17, 15) is 4.79 Å². The number of rotatable bonds is 3. The van der Waals surface area contributed by atoms with Crippen LogP contribution in [0, 0.1) is 23.2 Å². The Bertz CT molecular complexity index is 573. The predicted molar refractivity (Wildman–Crippen MR) is 99.9 cm³/mol. The molecule has 4 rings (SSSR count). The molecule has 1 spiro atoms. The summed E-state index contributed by atoms with van der Waals surface area (Å²) in [5.74, 6) is 1.72. The van der Waals surface area contributed by atoms with Crippen LogP contribution in [0.25, 0.3) is 0 Å². The maximum Gasteiger partial charge on any atom is 0.310 e. The third-order valence-corrected chi connectivity index (χ3v) is 7.29. The number of carbonyl (C=O) groups excluding carboxylic acids is 1. The van der Waals surface area contributed by atoms with Gasteiger partial charge in [-0.05, 0) is 32.1 Å². The molecule has 2 saturated carbocycles. The van der Waals surface area contributed by atoms with E-state index in [1.807, 2.05) is 0 Å². The van der Waals surface area contributed by atoms with Gasteiger partial charge in [0.05, 0.1) is 19.1 Å². The van der Waals surface area contributed by atoms with Crippen molar-refractivity contribution in [3.8, 4) is 0 Å². The zero-order valence-corrected chi connectivity index (χ0v) is 16.4. The molecule has 5 atom stereocenters. The highest BCUT2D eigenvalue weighted by atomic mass is 16.5. The predicted octanol–water partition coefficient (Wildman–Crippen LogP) is 2.04. The van der Waals surface area contributed by atoms with Crippen LogP contribution < -0.4 is 5.32 Å². The van der Waals surface area contributed by atoms with Gasteiger partial charge in [0.1, 0.15) is 0 Å². The van der Waals surface area contributed by atoms with Gasteiger partial charge >= 0.3 is 5.97 Å². The Morgan fingerprint density at radius 3 is 2.81 bits per heavy atom. The Morgan fingerprint density at radius 1 is 1.35 bits per heavy atom. The van der Waals surface area contributed by atoms with Crippen molar-refractivity contribution < 1.29 is 14.3 Å². The van der Waals surface area contributed by atoms with Gasteiger partial charge in [-0.15, -0.1) is 0 Å². The summed E-state index contributed by atoms with van der Waals surface area (Å²) in [6.07, 6.45) is 6.78. The molecular weight excluding hydrogens is 330 g/mol. The molecule has 0 aromatic carbocycles. The Balaban J connectivity index is 1.49. The second-order valence-corrected chi connectivity index (χ2v) is 8.62. The molecule has 4 fully saturated rings. The first-order chi connectivity index (χ1) is 12.6. The quantitative estimate of drug-likeness (QED) is 0.472. The summed E-state index contributed by atoms with van der Waals surface area (Å²) in [5.41, 5.74) is 0.308. The number of aliphatic imine (C=N–C) groups is 1. The molecule has 2 saturated heterocycles. The first-order valence-corrected chi connectivity index (χ1v) is 10.4. The lowest BCUT2D eigenvalue weighted by molar-refractivity contribution is -0.146. The number of fused-ring (bicyclic) bond motifs is 2. The fourth-order valence-corrected chi connectivity index (χ4v) is 6.03. The number of esters is 1. The number of nitrogens with one attached hydrogen (secondary N) is 1. The zero-order chi connectivity index (χ0) is 18.3. The lowest BCUT2D eigenvalue weighted by atomic mass is 9.54. The maximum absolute atomic E-state index is 12.1. The minimum Gasteiger partial charge on any atom is -0.469 e. The second-order valence-electron chi connectivity index (χ2n) is 8.62. The van der Waals surface area contributed by atoms with Crippen LogP contribution in [-0.2, 0) is 14.3 Å². The molecule has 0 aromatic heterocycles. The average Bonchev–Trinajstić information content (AvgIpc) is 3.36. The molecule has 1 N–H and O–H groups in total. The topological polar surface area (TPSA) is 63.2 Å². The van der Waals surface area contributed by atoms with Gasteiger partial charge in [0.2, 0.25) is 0 Å². The molecule has 2 aliphatic heterocycles. The third kappa shape index (κ3) is 2.72. The van der Waals surface area contributed by atoms with Crippen LogP contribution in [0.2, 0.25) is 0 Å². The third-order valence-electron chi connectivity index (χ3n) is 7.29. The maximum atomic E-state index is 12.1. The van der Waals surface area contributed by atoms with Crippen LogP contribution in [0.3, 0.4) is 0 Å². The number of likely N-dealkylation sites (tertiary alicyclic amines) is 1. The molecule has 6 nitrogen and oxygen atoms in total. The van der Waals surface area contributed by atoms with Gasteiger partial charge in [-0.3, -0.25) is 9.79 Å². The van der Waals surface area contributed by atoms with E-state index < -0.39 is 0 Å². The van der Waals surface area contributed by atoms with Crippen LogP contribution in [-0.4, -0.2) is 62.3 Å². The van der Waals surface area contributed by atoms with E-state index in [0.29, 0.717) is 30.0 Å². The number of nitrogens with zero attached hydrogens (tertiary/aromatic N) is 2. The number of guanidine groups is 1. The summed E-state index contributed by atoms with van der Waals surface area (Å²) < 4.78 is 11.1. The van der Waals surface area contributed by atoms with Crippen molar-refractivity contribution in [3.63, 3.8) is 0 Å². The summed E-state index contributed by atoms with van der Waals surface area (Å²) >= 11 is 0. The van der Waals surface area contributed by atoms with Crippen LogP contribution in [0.1, 0.15) is 46.0 Å². The van der Waals surface area contributed by atoms with E-state index in [2.05, 4.69) is 24.1 Å². The highest BCUT2D eigenvalue weighted by Crippen LogP contribution is 2.60. The van der Waals surface area contributed by atoms with Crippen LogP contribution in [0.5, 0.6) is 0 Å². The van der Waals surface area contributed by atoms with Crippen molar-refractivity contribution >= 4 is 11.9 Å². The fraction of sp³-hybridized carbons (Fsp3) is 0.900. The summed E-state index contributed by atoms with van der Waals surface area (Å²) in [4.78, 5) is 19.1. The van der Waals surface area contributed by atoms with Crippen LogP contribution in [0.15, 0.2) is 4.99 Å². The van der Waals surface area contributed by atoms with E-state index in [1.54, 1.807) is 0 Å². The van der Waals surface area contributed by atoms with Crippen molar-refractivity contribution in [2.45, 2.75) is 58.1 Å². The minimum absolute atomic E-state index is 0.0618. The molecule has 146 valence electrons. The summed E-state index contributed by atoms with van der Waals surface area (Å²) in [7, 11) is 1.48. The first kappa shape index (κ1) is 18.1. The van der Waals surface area contributed by atoms with Crippen molar-refractivity contribution in [3.05, 3.63) is 0 Å². The zero-order valence-electron chi connectivity index (χ0n) is 16.4. The lowest BCUT2D eigenvalue weighted by Gasteiger charge is -2.57. The van der Waals surface area contributed by atoms with Crippen molar-refractivity contribution in [1.29, 1.82) is 0 Å². The van der Waals surface area contributed by atoms with E-state index in [1.165, 1.54) is 32.8 Å². The van der Waals surface area contributed by atoms with Gasteiger partial charge in [-0.2, -0.15) is 0 Å². The largest absolute Gasteiger partial charge is 0.469 e. The normalized spacial score (nSPS) is 38.3. The average molecular weight is 364 g/mol. The lowest BCUT2D eigenvalue weighted by Crippen LogP contribution is -2.69. The molecule has 2 aliphatic carbocycles. The van der Waals surface area contributed by atoms with Crippen molar-refractivity contribution in [1.82, 2.24) is 10.2 Å². The highest BCUT2D eigenvalue weighted by Gasteiger charge is 2.65. The molecule has 5 unspecified atom stereocenters. The monoisotopic (exact) mass is 363 g/mol. The smallest absolute Gasteiger partial charge is 0.310 e. The molecule has 0 aromatic rings. The fourth-order valence-electron chi connectivity index (χ4n) is 6.03. The highest BCUT2D eigenvalue weighted by molar-refractivity contribution is 5.83. The molecule has 4 aliphatic rings. The Morgan fingerprint density at radius 2 is 2.12 bits per heavy atom. The van der Waals surface area contributed by atoms with Gasteiger partial charge < -0.3 is 19.7 Å². The molecule has 26 heavy (non-hydrogen) atoms. The Hall–Kier alpha value is -1.30.